The van der Waals surface area contributed by atoms with E-state index in [9.17, 15) is 14.0 Å². The van der Waals surface area contributed by atoms with Gasteiger partial charge in [0.05, 0.1) is 12.5 Å². The van der Waals surface area contributed by atoms with Crippen LogP contribution in [0.4, 0.5) is 14.9 Å². The Balaban J connectivity index is 1.48. The highest BCUT2D eigenvalue weighted by molar-refractivity contribution is 5.86. The molecule has 2 unspecified atom stereocenters. The molecule has 33 heavy (non-hydrogen) atoms. The SMILES string of the molecule is CC(C)(C)OC(=O)Nc1cc(COc2ccc3c(c2)OCC3C(F)C(=O)O)c2c(c1)OCO2. The van der Waals surface area contributed by atoms with Crippen molar-refractivity contribution >= 4 is 17.7 Å². The van der Waals surface area contributed by atoms with E-state index in [-0.39, 0.29) is 20.0 Å². The van der Waals surface area contributed by atoms with E-state index in [1.807, 2.05) is 0 Å². The first-order chi connectivity index (χ1) is 15.6. The zero-order valence-corrected chi connectivity index (χ0v) is 18.3. The number of ether oxygens (including phenoxy) is 5. The average molecular weight is 461 g/mol. The first-order valence-corrected chi connectivity index (χ1v) is 10.3. The summed E-state index contributed by atoms with van der Waals surface area (Å²) in [6.07, 6.45) is -2.65. The number of halogens is 1. The number of carboxylic acids is 1. The summed E-state index contributed by atoms with van der Waals surface area (Å²) in [5.74, 6) is -0.595. The highest BCUT2D eigenvalue weighted by atomic mass is 19.1. The van der Waals surface area contributed by atoms with Gasteiger partial charge in [-0.3, -0.25) is 5.32 Å². The minimum absolute atomic E-state index is 0.0419. The first-order valence-electron chi connectivity index (χ1n) is 10.3. The smallest absolute Gasteiger partial charge is 0.412 e. The van der Waals surface area contributed by atoms with Crippen molar-refractivity contribution in [2.24, 2.45) is 0 Å². The lowest BCUT2D eigenvalue weighted by Gasteiger charge is -2.20. The number of fused-ring (bicyclic) bond motifs is 2. The number of carboxylic acid groups (broad SMARTS) is 1. The van der Waals surface area contributed by atoms with Gasteiger partial charge in [0.1, 0.15) is 23.7 Å². The van der Waals surface area contributed by atoms with E-state index in [0.29, 0.717) is 39.8 Å². The minimum atomic E-state index is -2.04. The number of rotatable bonds is 6. The summed E-state index contributed by atoms with van der Waals surface area (Å²) < 4.78 is 41.5. The molecule has 1 amide bonds. The van der Waals surface area contributed by atoms with Crippen LogP contribution in [0.15, 0.2) is 30.3 Å². The molecule has 0 bridgehead atoms. The fourth-order valence-corrected chi connectivity index (χ4v) is 3.56. The van der Waals surface area contributed by atoms with Crippen molar-refractivity contribution in [3.8, 4) is 23.0 Å². The van der Waals surface area contributed by atoms with Gasteiger partial charge in [-0.05, 0) is 32.9 Å². The van der Waals surface area contributed by atoms with E-state index in [2.05, 4.69) is 5.32 Å². The van der Waals surface area contributed by atoms with Crippen molar-refractivity contribution in [2.45, 2.75) is 45.1 Å². The molecule has 10 heteroatoms. The zero-order chi connectivity index (χ0) is 23.8. The molecule has 0 aliphatic carbocycles. The fourth-order valence-electron chi connectivity index (χ4n) is 3.56. The van der Waals surface area contributed by atoms with Crippen molar-refractivity contribution in [3.05, 3.63) is 41.5 Å². The van der Waals surface area contributed by atoms with Gasteiger partial charge >= 0.3 is 12.1 Å². The van der Waals surface area contributed by atoms with Crippen LogP contribution >= 0.6 is 0 Å². The minimum Gasteiger partial charge on any atom is -0.492 e. The number of carbonyl (C=O) groups is 2. The largest absolute Gasteiger partial charge is 0.492 e. The molecule has 0 saturated carbocycles. The molecule has 0 aromatic heterocycles. The number of carbonyl (C=O) groups excluding carboxylic acids is 1. The molecule has 9 nitrogen and oxygen atoms in total. The molecule has 2 aliphatic rings. The van der Waals surface area contributed by atoms with Crippen LogP contribution in [-0.4, -0.2) is 42.3 Å². The van der Waals surface area contributed by atoms with Gasteiger partial charge in [0, 0.05) is 28.9 Å². The quantitative estimate of drug-likeness (QED) is 0.657. The average Bonchev–Trinajstić information content (AvgIpc) is 3.36. The molecule has 0 fully saturated rings. The van der Waals surface area contributed by atoms with E-state index in [4.69, 9.17) is 28.8 Å². The normalized spacial score (nSPS) is 17.0. The molecule has 2 aliphatic heterocycles. The molecule has 0 saturated heterocycles. The van der Waals surface area contributed by atoms with E-state index < -0.39 is 29.8 Å². The molecule has 2 aromatic rings. The molecule has 0 radical (unpaired) electrons. The number of amides is 1. The van der Waals surface area contributed by atoms with E-state index in [0.717, 1.165) is 0 Å². The molecule has 4 rings (SSSR count). The Kier molecular flexibility index (Phi) is 5.92. The van der Waals surface area contributed by atoms with Gasteiger partial charge in [0.2, 0.25) is 13.0 Å². The summed E-state index contributed by atoms with van der Waals surface area (Å²) in [6, 6.07) is 8.13. The van der Waals surface area contributed by atoms with Crippen molar-refractivity contribution in [2.75, 3.05) is 18.7 Å². The molecular weight excluding hydrogens is 437 g/mol. The maximum Gasteiger partial charge on any atom is 0.412 e. The van der Waals surface area contributed by atoms with Crippen molar-refractivity contribution < 1.29 is 42.8 Å². The number of anilines is 1. The van der Waals surface area contributed by atoms with E-state index in [1.165, 1.54) is 0 Å². The van der Waals surface area contributed by atoms with Crippen LogP contribution in [0.3, 0.4) is 0 Å². The maximum absolute atomic E-state index is 14.0. The molecule has 2 atom stereocenters. The van der Waals surface area contributed by atoms with Crippen LogP contribution in [-0.2, 0) is 16.1 Å². The second kappa shape index (κ2) is 8.68. The monoisotopic (exact) mass is 461 g/mol. The lowest BCUT2D eigenvalue weighted by molar-refractivity contribution is -0.143. The summed E-state index contributed by atoms with van der Waals surface area (Å²) in [6.45, 7) is 5.37. The summed E-state index contributed by atoms with van der Waals surface area (Å²) >= 11 is 0. The Hall–Kier alpha value is -3.69. The Bertz CT molecular complexity index is 1080. The van der Waals surface area contributed by atoms with Gasteiger partial charge < -0.3 is 28.8 Å². The van der Waals surface area contributed by atoms with Gasteiger partial charge in [-0.25, -0.2) is 14.0 Å². The standard InChI is InChI=1S/C23H24FNO8/c1-23(2,3)33-22(28)25-13-6-12(20-18(7-13)31-11-32-20)9-29-14-4-5-15-16(19(24)21(26)27)10-30-17(15)8-14/h4-8,16,19H,9-11H2,1-3H3,(H,25,28)(H,26,27). The molecular formula is C23H24FNO8. The van der Waals surface area contributed by atoms with Crippen molar-refractivity contribution in [1.29, 1.82) is 0 Å². The van der Waals surface area contributed by atoms with Crippen LogP contribution in [0.25, 0.3) is 0 Å². The fraction of sp³-hybridized carbons (Fsp3) is 0.391. The number of benzene rings is 2. The highest BCUT2D eigenvalue weighted by Crippen LogP contribution is 2.41. The summed E-state index contributed by atoms with van der Waals surface area (Å²) in [5.41, 5.74) is 0.923. The van der Waals surface area contributed by atoms with Crippen molar-refractivity contribution in [1.82, 2.24) is 0 Å². The third-order valence-corrected chi connectivity index (χ3v) is 4.98. The third-order valence-electron chi connectivity index (χ3n) is 4.98. The predicted octanol–water partition coefficient (Wildman–Crippen LogP) is 4.24. The van der Waals surface area contributed by atoms with Crippen molar-refractivity contribution in [3.63, 3.8) is 0 Å². The molecule has 176 valence electrons. The van der Waals surface area contributed by atoms with Crippen LogP contribution in [0, 0.1) is 0 Å². The lowest BCUT2D eigenvalue weighted by atomic mass is 9.96. The number of alkyl halides is 1. The summed E-state index contributed by atoms with van der Waals surface area (Å²) in [4.78, 5) is 23.1. The second-order valence-corrected chi connectivity index (χ2v) is 8.64. The maximum atomic E-state index is 14.0. The number of hydrogen-bond acceptors (Lipinski definition) is 7. The third kappa shape index (κ3) is 5.05. The van der Waals surface area contributed by atoms with Crippen LogP contribution < -0.4 is 24.3 Å². The number of hydrogen-bond donors (Lipinski definition) is 2. The Morgan fingerprint density at radius 1 is 1.18 bits per heavy atom. The van der Waals surface area contributed by atoms with Gasteiger partial charge in [-0.2, -0.15) is 0 Å². The van der Waals surface area contributed by atoms with Gasteiger partial charge in [0.25, 0.3) is 0 Å². The van der Waals surface area contributed by atoms with Crippen LogP contribution in [0.1, 0.15) is 37.8 Å². The predicted molar refractivity (Wildman–Crippen MR) is 114 cm³/mol. The number of aliphatic carboxylic acids is 1. The van der Waals surface area contributed by atoms with E-state index >= 15 is 0 Å². The Morgan fingerprint density at radius 3 is 2.70 bits per heavy atom. The van der Waals surface area contributed by atoms with Crippen LogP contribution in [0.5, 0.6) is 23.0 Å². The molecule has 2 heterocycles. The first kappa shape index (κ1) is 22.5. The zero-order valence-electron chi connectivity index (χ0n) is 18.3. The van der Waals surface area contributed by atoms with Gasteiger partial charge in [-0.15, -0.1) is 0 Å². The Morgan fingerprint density at radius 2 is 1.97 bits per heavy atom. The van der Waals surface area contributed by atoms with E-state index in [1.54, 1.807) is 51.1 Å². The summed E-state index contributed by atoms with van der Waals surface area (Å²) in [5, 5.41) is 11.6. The Labute approximate surface area is 189 Å². The van der Waals surface area contributed by atoms with Gasteiger partial charge in [-0.1, -0.05) is 6.07 Å². The highest BCUT2D eigenvalue weighted by Gasteiger charge is 2.36. The van der Waals surface area contributed by atoms with Crippen LogP contribution in [0.2, 0.25) is 0 Å². The second-order valence-electron chi connectivity index (χ2n) is 8.64. The lowest BCUT2D eigenvalue weighted by Crippen LogP contribution is -2.27. The topological polar surface area (TPSA) is 113 Å². The summed E-state index contributed by atoms with van der Waals surface area (Å²) in [7, 11) is 0. The number of nitrogens with one attached hydrogen (secondary N) is 1. The molecule has 2 N–H and O–H groups in total. The van der Waals surface area contributed by atoms with Gasteiger partial charge in [0.15, 0.2) is 11.5 Å². The molecule has 0 spiro atoms. The molecule has 2 aromatic carbocycles.